The lowest BCUT2D eigenvalue weighted by molar-refractivity contribution is -0.140. The van der Waals surface area contributed by atoms with E-state index in [2.05, 4.69) is 6.92 Å². The lowest BCUT2D eigenvalue weighted by Crippen LogP contribution is -2.26. The van der Waals surface area contributed by atoms with Crippen molar-refractivity contribution in [3.8, 4) is 11.5 Å². The Bertz CT molecular complexity index is 1020. The van der Waals surface area contributed by atoms with Gasteiger partial charge in [-0.05, 0) is 86.5 Å². The van der Waals surface area contributed by atoms with Gasteiger partial charge in [-0.15, -0.1) is 0 Å². The van der Waals surface area contributed by atoms with E-state index < -0.39 is 29.2 Å². The minimum absolute atomic E-state index is 0.0402. The Balaban J connectivity index is 1.40. The third kappa shape index (κ3) is 6.20. The molecule has 7 heteroatoms. The standard InChI is InChI=1S/C29H34F6O/c1-2-3-4-18-5-7-19(8-6-18)20-9-11-21(12-10-20)27-24(30)15-16-26(28(27)32)36-22-13-14-23(25(31)17-22)29(33,34)35/h13-21H,2-12H2,1H3. The lowest BCUT2D eigenvalue weighted by Gasteiger charge is -2.38. The van der Waals surface area contributed by atoms with E-state index in [9.17, 15) is 22.0 Å². The maximum Gasteiger partial charge on any atom is 0.419 e. The van der Waals surface area contributed by atoms with Crippen molar-refractivity contribution in [2.45, 2.75) is 89.6 Å². The molecule has 2 saturated carbocycles. The summed E-state index contributed by atoms with van der Waals surface area (Å²) in [5, 5.41) is 0. The molecule has 0 heterocycles. The van der Waals surface area contributed by atoms with E-state index >= 15 is 4.39 Å². The Kier molecular flexibility index (Phi) is 8.56. The number of halogens is 6. The Labute approximate surface area is 209 Å². The SMILES string of the molecule is CCCCC1CCC(C2CCC(c3c(F)ccc(Oc4ccc(C(F)(F)F)c(F)c4)c3F)CC2)CC1. The van der Waals surface area contributed by atoms with Crippen molar-refractivity contribution in [3.05, 3.63) is 58.9 Å². The first-order chi connectivity index (χ1) is 17.2. The van der Waals surface area contributed by atoms with Crippen molar-refractivity contribution in [1.82, 2.24) is 0 Å². The summed E-state index contributed by atoms with van der Waals surface area (Å²) in [6.07, 6.45) is 7.34. The van der Waals surface area contributed by atoms with Gasteiger partial charge in [-0.2, -0.15) is 13.2 Å². The van der Waals surface area contributed by atoms with E-state index in [1.165, 1.54) is 44.9 Å². The Morgan fingerprint density at radius 3 is 2.03 bits per heavy atom. The molecule has 2 aromatic carbocycles. The van der Waals surface area contributed by atoms with Gasteiger partial charge in [-0.1, -0.05) is 39.0 Å². The fourth-order valence-electron chi connectivity index (χ4n) is 6.24. The van der Waals surface area contributed by atoms with Crippen LogP contribution in [0.15, 0.2) is 30.3 Å². The maximum absolute atomic E-state index is 15.3. The smallest absolute Gasteiger partial charge is 0.419 e. The number of ether oxygens (including phenoxy) is 1. The van der Waals surface area contributed by atoms with Crippen LogP contribution in [0.1, 0.15) is 94.6 Å². The van der Waals surface area contributed by atoms with Crippen molar-refractivity contribution in [2.24, 2.45) is 17.8 Å². The Morgan fingerprint density at radius 2 is 1.44 bits per heavy atom. The van der Waals surface area contributed by atoms with E-state index in [0.717, 1.165) is 37.0 Å². The molecule has 4 rings (SSSR count). The molecule has 0 atom stereocenters. The van der Waals surface area contributed by atoms with Gasteiger partial charge in [0.25, 0.3) is 0 Å². The molecule has 0 saturated heterocycles. The molecule has 0 aromatic heterocycles. The third-order valence-corrected chi connectivity index (χ3v) is 8.27. The number of alkyl halides is 3. The first-order valence-electron chi connectivity index (χ1n) is 13.2. The second kappa shape index (κ2) is 11.5. The van der Waals surface area contributed by atoms with Crippen LogP contribution in [-0.4, -0.2) is 0 Å². The van der Waals surface area contributed by atoms with Gasteiger partial charge in [-0.25, -0.2) is 13.2 Å². The average molecular weight is 513 g/mol. The van der Waals surface area contributed by atoms with Crippen LogP contribution in [0.2, 0.25) is 0 Å². The highest BCUT2D eigenvalue weighted by molar-refractivity contribution is 5.39. The number of unbranched alkanes of at least 4 members (excludes halogenated alkanes) is 1. The van der Waals surface area contributed by atoms with Crippen molar-refractivity contribution >= 4 is 0 Å². The average Bonchev–Trinajstić information content (AvgIpc) is 2.85. The molecular weight excluding hydrogens is 478 g/mol. The molecule has 1 nitrogen and oxygen atoms in total. The van der Waals surface area contributed by atoms with Crippen LogP contribution in [-0.2, 0) is 6.18 Å². The minimum Gasteiger partial charge on any atom is -0.454 e. The lowest BCUT2D eigenvalue weighted by atomic mass is 9.68. The zero-order valence-corrected chi connectivity index (χ0v) is 20.7. The van der Waals surface area contributed by atoms with Crippen molar-refractivity contribution in [3.63, 3.8) is 0 Å². The topological polar surface area (TPSA) is 9.23 Å². The molecule has 198 valence electrons. The Hall–Kier alpha value is -2.18. The summed E-state index contributed by atoms with van der Waals surface area (Å²) in [5.41, 5.74) is -1.47. The highest BCUT2D eigenvalue weighted by Gasteiger charge is 2.35. The molecule has 2 aromatic rings. The quantitative estimate of drug-likeness (QED) is 0.335. The summed E-state index contributed by atoms with van der Waals surface area (Å²) in [6, 6.07) is 4.24. The molecule has 2 aliphatic carbocycles. The van der Waals surface area contributed by atoms with E-state index in [1.807, 2.05) is 0 Å². The molecule has 2 aliphatic rings. The van der Waals surface area contributed by atoms with Gasteiger partial charge in [-0.3, -0.25) is 0 Å². The van der Waals surface area contributed by atoms with Crippen LogP contribution in [0.25, 0.3) is 0 Å². The molecule has 0 unspecified atom stereocenters. The fourth-order valence-corrected chi connectivity index (χ4v) is 6.24. The van der Waals surface area contributed by atoms with Crippen molar-refractivity contribution in [2.75, 3.05) is 0 Å². The summed E-state index contributed by atoms with van der Waals surface area (Å²) in [7, 11) is 0. The molecule has 0 N–H and O–H groups in total. The normalized spacial score (nSPS) is 25.1. The highest BCUT2D eigenvalue weighted by atomic mass is 19.4. The van der Waals surface area contributed by atoms with E-state index in [-0.39, 0.29) is 23.0 Å². The maximum atomic E-state index is 15.3. The second-order valence-electron chi connectivity index (χ2n) is 10.5. The largest absolute Gasteiger partial charge is 0.454 e. The first kappa shape index (κ1) is 26.9. The molecule has 0 radical (unpaired) electrons. The van der Waals surface area contributed by atoms with Gasteiger partial charge in [0.05, 0.1) is 5.56 Å². The van der Waals surface area contributed by atoms with Gasteiger partial charge in [0.15, 0.2) is 11.6 Å². The predicted octanol–water partition coefficient (Wildman–Crippen LogP) is 10.2. The van der Waals surface area contributed by atoms with Crippen molar-refractivity contribution in [1.29, 1.82) is 0 Å². The summed E-state index contributed by atoms with van der Waals surface area (Å²) in [6.45, 7) is 2.23. The fraction of sp³-hybridized carbons (Fsp3) is 0.586. The summed E-state index contributed by atoms with van der Waals surface area (Å²) < 4.78 is 87.7. The van der Waals surface area contributed by atoms with E-state index in [4.69, 9.17) is 4.74 Å². The minimum atomic E-state index is -4.84. The van der Waals surface area contributed by atoms with Crippen LogP contribution in [0, 0.1) is 35.2 Å². The van der Waals surface area contributed by atoms with E-state index in [0.29, 0.717) is 36.8 Å². The van der Waals surface area contributed by atoms with Crippen LogP contribution in [0.3, 0.4) is 0 Å². The number of hydrogen-bond donors (Lipinski definition) is 0. The van der Waals surface area contributed by atoms with Gasteiger partial charge in [0.1, 0.15) is 17.4 Å². The first-order valence-corrected chi connectivity index (χ1v) is 13.2. The van der Waals surface area contributed by atoms with Crippen LogP contribution in [0.4, 0.5) is 26.3 Å². The molecule has 36 heavy (non-hydrogen) atoms. The molecule has 0 spiro atoms. The monoisotopic (exact) mass is 512 g/mol. The summed E-state index contributed by atoms with van der Waals surface area (Å²) in [5.74, 6) is -1.78. The molecule has 0 aliphatic heterocycles. The van der Waals surface area contributed by atoms with E-state index in [1.54, 1.807) is 0 Å². The highest BCUT2D eigenvalue weighted by Crippen LogP contribution is 2.46. The van der Waals surface area contributed by atoms with Crippen LogP contribution in [0.5, 0.6) is 11.5 Å². The van der Waals surface area contributed by atoms with Gasteiger partial charge in [0, 0.05) is 11.6 Å². The van der Waals surface area contributed by atoms with Gasteiger partial charge >= 0.3 is 6.18 Å². The summed E-state index contributed by atoms with van der Waals surface area (Å²) >= 11 is 0. The summed E-state index contributed by atoms with van der Waals surface area (Å²) in [4.78, 5) is 0. The molecule has 0 bridgehead atoms. The molecule has 0 amide bonds. The number of rotatable bonds is 7. The Morgan fingerprint density at radius 1 is 0.806 bits per heavy atom. The predicted molar refractivity (Wildman–Crippen MR) is 128 cm³/mol. The van der Waals surface area contributed by atoms with Crippen LogP contribution < -0.4 is 4.74 Å². The molecule has 2 fully saturated rings. The van der Waals surface area contributed by atoms with Crippen molar-refractivity contribution < 1.29 is 31.1 Å². The van der Waals surface area contributed by atoms with Crippen LogP contribution >= 0.6 is 0 Å². The molecular formula is C29H34F6O. The zero-order chi connectivity index (χ0) is 25.9. The number of benzene rings is 2. The second-order valence-corrected chi connectivity index (χ2v) is 10.5. The van der Waals surface area contributed by atoms with Gasteiger partial charge < -0.3 is 4.74 Å². The zero-order valence-electron chi connectivity index (χ0n) is 20.7. The third-order valence-electron chi connectivity index (χ3n) is 8.27. The van der Waals surface area contributed by atoms with Gasteiger partial charge in [0.2, 0.25) is 0 Å². The number of hydrogen-bond acceptors (Lipinski definition) is 1.